The van der Waals surface area contributed by atoms with Gasteiger partial charge < -0.3 is 15.4 Å². The Morgan fingerprint density at radius 1 is 1.34 bits per heavy atom. The molecule has 2 aromatic heterocycles. The van der Waals surface area contributed by atoms with E-state index in [4.69, 9.17) is 10.5 Å². The normalized spacial score (nSPS) is 17.0. The molecule has 0 unspecified atom stereocenters. The second-order valence-electron chi connectivity index (χ2n) is 7.21. The van der Waals surface area contributed by atoms with Crippen molar-refractivity contribution in [1.82, 2.24) is 14.6 Å². The summed E-state index contributed by atoms with van der Waals surface area (Å²) in [6.45, 7) is 1.22. The summed E-state index contributed by atoms with van der Waals surface area (Å²) in [4.78, 5) is 7.17. The lowest BCUT2D eigenvalue weighted by atomic mass is 9.96. The van der Waals surface area contributed by atoms with Crippen LogP contribution >= 0.6 is 11.3 Å². The predicted octanol–water partition coefficient (Wildman–Crippen LogP) is 1.95. The smallest absolute Gasteiger partial charge is 0.214 e. The number of benzene rings is 1. The molecule has 1 fully saturated rings. The molecule has 0 aliphatic carbocycles. The number of halogens is 1. The van der Waals surface area contributed by atoms with Crippen LogP contribution in [0.25, 0.3) is 16.2 Å². The van der Waals surface area contributed by atoms with Gasteiger partial charge in [0, 0.05) is 37.5 Å². The number of ether oxygens (including phenoxy) is 1. The van der Waals surface area contributed by atoms with Crippen LogP contribution in [0.4, 0.5) is 9.52 Å². The molecule has 3 aromatic rings. The third-order valence-electron chi connectivity index (χ3n) is 5.62. The number of rotatable bonds is 5. The molecule has 4 rings (SSSR count). The van der Waals surface area contributed by atoms with E-state index < -0.39 is 14.6 Å². The van der Waals surface area contributed by atoms with Gasteiger partial charge in [0.2, 0.25) is 10.1 Å². The van der Waals surface area contributed by atoms with Crippen LogP contribution in [0, 0.1) is 5.82 Å². The summed E-state index contributed by atoms with van der Waals surface area (Å²) in [5, 5.41) is 5.43. The summed E-state index contributed by atoms with van der Waals surface area (Å²) in [6.07, 6.45) is 3.86. The Labute approximate surface area is 172 Å². The zero-order valence-electron chi connectivity index (χ0n) is 16.1. The second-order valence-corrected chi connectivity index (χ2v) is 10.6. The van der Waals surface area contributed by atoms with Crippen LogP contribution in [0.3, 0.4) is 0 Å². The first-order valence-electron chi connectivity index (χ1n) is 9.11. The highest BCUT2D eigenvalue weighted by molar-refractivity contribution is 7.92. The third kappa shape index (κ3) is 3.36. The molecular formula is C18H22FN5O3S2. The molecule has 0 saturated carbocycles. The summed E-state index contributed by atoms with van der Waals surface area (Å²) < 4.78 is 44.1. The van der Waals surface area contributed by atoms with Crippen LogP contribution in [-0.2, 0) is 9.84 Å². The first-order chi connectivity index (χ1) is 13.8. The summed E-state index contributed by atoms with van der Waals surface area (Å²) in [7, 11) is -1.75. The van der Waals surface area contributed by atoms with Gasteiger partial charge in [-0.2, -0.15) is 0 Å². The van der Waals surface area contributed by atoms with Gasteiger partial charge >= 0.3 is 0 Å². The predicted molar refractivity (Wildman–Crippen MR) is 111 cm³/mol. The highest BCUT2D eigenvalue weighted by Gasteiger charge is 2.42. The number of sulfone groups is 1. The van der Waals surface area contributed by atoms with Crippen molar-refractivity contribution in [2.45, 2.75) is 17.6 Å². The van der Waals surface area contributed by atoms with Crippen molar-refractivity contribution in [3.63, 3.8) is 0 Å². The minimum absolute atomic E-state index is 0.120. The number of hydrogen-bond donors (Lipinski definition) is 1. The van der Waals surface area contributed by atoms with Crippen LogP contribution in [0.15, 0.2) is 24.4 Å². The van der Waals surface area contributed by atoms with E-state index in [2.05, 4.69) is 15.0 Å². The molecule has 1 aromatic carbocycles. The average molecular weight is 440 g/mol. The van der Waals surface area contributed by atoms with Crippen LogP contribution < -0.4 is 15.4 Å². The number of hydrogen-bond acceptors (Lipinski definition) is 8. The number of imidazole rings is 1. The van der Waals surface area contributed by atoms with Crippen LogP contribution in [0.1, 0.15) is 12.8 Å². The molecular weight excluding hydrogens is 417 g/mol. The average Bonchev–Trinajstić information content (AvgIpc) is 3.28. The molecule has 11 heteroatoms. The molecule has 1 saturated heterocycles. The number of piperidine rings is 1. The lowest BCUT2D eigenvalue weighted by molar-refractivity contribution is 0.412. The molecule has 0 spiro atoms. The van der Waals surface area contributed by atoms with E-state index in [1.807, 2.05) is 0 Å². The minimum Gasteiger partial charge on any atom is -0.496 e. The fourth-order valence-electron chi connectivity index (χ4n) is 3.70. The van der Waals surface area contributed by atoms with Crippen LogP contribution in [0.5, 0.6) is 5.75 Å². The Hall–Kier alpha value is -2.24. The van der Waals surface area contributed by atoms with Gasteiger partial charge in [-0.15, -0.1) is 5.10 Å². The molecule has 0 radical (unpaired) electrons. The second kappa shape index (κ2) is 7.22. The number of anilines is 1. The number of nitrogens with two attached hydrogens (primary N) is 1. The molecule has 8 nitrogen and oxygen atoms in total. The minimum atomic E-state index is -3.24. The molecule has 0 atom stereocenters. The van der Waals surface area contributed by atoms with Crippen molar-refractivity contribution in [3.05, 3.63) is 30.2 Å². The SMILES string of the molecule is COc1cc(F)ccc1-c1cnc2sc(N3CCC(CN)(S(C)(=O)=O)CC3)nn12. The highest BCUT2D eigenvalue weighted by Crippen LogP contribution is 2.36. The van der Waals surface area contributed by atoms with Gasteiger partial charge in [-0.25, -0.2) is 22.3 Å². The fraction of sp³-hybridized carbons (Fsp3) is 0.444. The van der Waals surface area contributed by atoms with Crippen molar-refractivity contribution in [2.24, 2.45) is 5.73 Å². The van der Waals surface area contributed by atoms with Gasteiger partial charge in [0.05, 0.1) is 23.7 Å². The molecule has 156 valence electrons. The van der Waals surface area contributed by atoms with Crippen LogP contribution in [0.2, 0.25) is 0 Å². The van der Waals surface area contributed by atoms with E-state index in [1.54, 1.807) is 16.8 Å². The van der Waals surface area contributed by atoms with Crippen molar-refractivity contribution >= 4 is 31.3 Å². The quantitative estimate of drug-likeness (QED) is 0.648. The lowest BCUT2D eigenvalue weighted by Gasteiger charge is -2.39. The van der Waals surface area contributed by atoms with Gasteiger partial charge in [0.15, 0.2) is 9.84 Å². The summed E-state index contributed by atoms with van der Waals surface area (Å²) in [5.74, 6) is 0.0214. The first kappa shape index (κ1) is 20.0. The Kier molecular flexibility index (Phi) is 4.99. The van der Waals surface area contributed by atoms with E-state index in [9.17, 15) is 12.8 Å². The molecule has 0 bridgehead atoms. The fourth-order valence-corrected chi connectivity index (χ4v) is 5.86. The zero-order valence-corrected chi connectivity index (χ0v) is 17.8. The number of aromatic nitrogens is 3. The molecule has 1 aliphatic heterocycles. The van der Waals surface area contributed by atoms with Crippen molar-refractivity contribution in [2.75, 3.05) is 37.9 Å². The van der Waals surface area contributed by atoms with Crippen molar-refractivity contribution in [1.29, 1.82) is 0 Å². The van der Waals surface area contributed by atoms with Gasteiger partial charge in [-0.05, 0) is 25.0 Å². The van der Waals surface area contributed by atoms with E-state index in [0.717, 1.165) is 5.13 Å². The third-order valence-corrected chi connectivity index (χ3v) is 8.75. The van der Waals surface area contributed by atoms with E-state index >= 15 is 0 Å². The Morgan fingerprint density at radius 2 is 2.07 bits per heavy atom. The maximum atomic E-state index is 13.5. The monoisotopic (exact) mass is 439 g/mol. The number of nitrogens with zero attached hydrogens (tertiary/aromatic N) is 4. The van der Waals surface area contributed by atoms with E-state index in [1.165, 1.54) is 36.8 Å². The molecule has 2 N–H and O–H groups in total. The Morgan fingerprint density at radius 3 is 2.69 bits per heavy atom. The van der Waals surface area contributed by atoms with Crippen LogP contribution in [-0.4, -0.2) is 60.8 Å². The van der Waals surface area contributed by atoms with E-state index in [0.29, 0.717) is 47.9 Å². The number of methoxy groups -OCH3 is 1. The maximum Gasteiger partial charge on any atom is 0.214 e. The molecule has 1 aliphatic rings. The molecule has 29 heavy (non-hydrogen) atoms. The van der Waals surface area contributed by atoms with Gasteiger partial charge in [-0.1, -0.05) is 11.3 Å². The highest BCUT2D eigenvalue weighted by atomic mass is 32.2. The largest absolute Gasteiger partial charge is 0.496 e. The Bertz CT molecular complexity index is 1150. The Balaban J connectivity index is 1.64. The summed E-state index contributed by atoms with van der Waals surface area (Å²) in [5.41, 5.74) is 7.20. The topological polar surface area (TPSA) is 103 Å². The van der Waals surface area contributed by atoms with Gasteiger partial charge in [-0.3, -0.25) is 0 Å². The first-order valence-corrected chi connectivity index (χ1v) is 11.8. The maximum absolute atomic E-state index is 13.5. The lowest BCUT2D eigenvalue weighted by Crippen LogP contribution is -2.53. The zero-order chi connectivity index (χ0) is 20.8. The molecule has 0 amide bonds. The van der Waals surface area contributed by atoms with Gasteiger partial charge in [0.1, 0.15) is 11.6 Å². The summed E-state index contributed by atoms with van der Waals surface area (Å²) in [6, 6.07) is 4.33. The molecule has 3 heterocycles. The van der Waals surface area contributed by atoms with E-state index in [-0.39, 0.29) is 12.4 Å². The van der Waals surface area contributed by atoms with Gasteiger partial charge in [0.25, 0.3) is 0 Å². The van der Waals surface area contributed by atoms with Crippen molar-refractivity contribution < 1.29 is 17.5 Å². The summed E-state index contributed by atoms with van der Waals surface area (Å²) >= 11 is 1.42. The van der Waals surface area contributed by atoms with Crippen molar-refractivity contribution in [3.8, 4) is 17.0 Å². The standard InChI is InChI=1S/C18H22FN5O3S2/c1-27-15-9-12(19)3-4-13(15)14-10-21-16-24(14)22-17(28-16)23-7-5-18(11-20,6-8-23)29(2,25)26/h3-4,9-10H,5-8,11,20H2,1-2H3. The number of fused-ring (bicyclic) bond motifs is 1.